The molecule has 7 heteroatoms. The molecule has 1 amide bonds. The molecule has 0 aliphatic carbocycles. The van der Waals surface area contributed by atoms with Gasteiger partial charge in [0.15, 0.2) is 0 Å². The van der Waals surface area contributed by atoms with Gasteiger partial charge in [-0.3, -0.25) is 14.5 Å². The predicted octanol–water partition coefficient (Wildman–Crippen LogP) is 3.53. The largest absolute Gasteiger partial charge is 0.496 e. The van der Waals surface area contributed by atoms with Crippen molar-refractivity contribution >= 4 is 5.91 Å². The summed E-state index contributed by atoms with van der Waals surface area (Å²) in [4.78, 5) is 18.0. The zero-order valence-corrected chi connectivity index (χ0v) is 16.0. The van der Waals surface area contributed by atoms with Gasteiger partial charge in [-0.15, -0.1) is 0 Å². The number of nitrogens with zero attached hydrogens (tertiary/aromatic N) is 4. The highest BCUT2D eigenvalue weighted by molar-refractivity contribution is 5.75. The number of halogens is 1. The molecule has 0 spiro atoms. The third-order valence-electron chi connectivity index (χ3n) is 4.50. The summed E-state index contributed by atoms with van der Waals surface area (Å²) >= 11 is 0. The summed E-state index contributed by atoms with van der Waals surface area (Å²) in [5.74, 6) is 0.217. The lowest BCUT2D eigenvalue weighted by Crippen LogP contribution is -2.26. The van der Waals surface area contributed by atoms with Gasteiger partial charge < -0.3 is 9.64 Å². The first-order chi connectivity index (χ1) is 13.6. The topological polar surface area (TPSA) is 60.2 Å². The van der Waals surface area contributed by atoms with Crippen molar-refractivity contribution in [1.82, 2.24) is 19.7 Å². The van der Waals surface area contributed by atoms with Crippen LogP contribution in [0.15, 0.2) is 55.1 Å². The van der Waals surface area contributed by atoms with E-state index in [2.05, 4.69) is 10.1 Å². The number of methoxy groups -OCH3 is 1. The van der Waals surface area contributed by atoms with Crippen LogP contribution in [0.3, 0.4) is 0 Å². The quantitative estimate of drug-likeness (QED) is 0.598. The number of hydrogen-bond donors (Lipinski definition) is 0. The van der Waals surface area contributed by atoms with E-state index in [1.165, 1.54) is 19.2 Å². The Morgan fingerprint density at radius 1 is 1.21 bits per heavy atom. The molecule has 6 nitrogen and oxygen atoms in total. The van der Waals surface area contributed by atoms with Crippen LogP contribution in [0.2, 0.25) is 0 Å². The minimum Gasteiger partial charge on any atom is -0.496 e. The van der Waals surface area contributed by atoms with Crippen molar-refractivity contribution in [2.24, 2.45) is 0 Å². The number of benzene rings is 1. The lowest BCUT2D eigenvalue weighted by Gasteiger charge is -2.19. The Labute approximate surface area is 163 Å². The third kappa shape index (κ3) is 4.94. The molecule has 0 unspecified atom stereocenters. The second-order valence-electron chi connectivity index (χ2n) is 6.54. The first-order valence-electron chi connectivity index (χ1n) is 9.06. The van der Waals surface area contributed by atoms with Gasteiger partial charge in [-0.1, -0.05) is 0 Å². The molecule has 0 fully saturated rings. The highest BCUT2D eigenvalue weighted by atomic mass is 19.1. The van der Waals surface area contributed by atoms with Crippen LogP contribution >= 0.6 is 0 Å². The Morgan fingerprint density at radius 2 is 2.00 bits per heavy atom. The maximum atomic E-state index is 13.5. The van der Waals surface area contributed by atoms with E-state index in [-0.39, 0.29) is 11.7 Å². The van der Waals surface area contributed by atoms with Gasteiger partial charge in [-0.05, 0) is 42.3 Å². The molecule has 0 saturated carbocycles. The van der Waals surface area contributed by atoms with Crippen molar-refractivity contribution in [2.45, 2.75) is 25.9 Å². The van der Waals surface area contributed by atoms with E-state index in [9.17, 15) is 9.18 Å². The number of aromatic nitrogens is 3. The number of rotatable bonds is 8. The van der Waals surface area contributed by atoms with Gasteiger partial charge in [0.2, 0.25) is 5.91 Å². The molecule has 0 aliphatic heterocycles. The number of aryl methyl sites for hydroxylation is 1. The summed E-state index contributed by atoms with van der Waals surface area (Å²) in [5.41, 5.74) is 2.72. The average molecular weight is 382 g/mol. The summed E-state index contributed by atoms with van der Waals surface area (Å²) in [6.45, 7) is 0.946. The van der Waals surface area contributed by atoms with E-state index in [4.69, 9.17) is 4.74 Å². The summed E-state index contributed by atoms with van der Waals surface area (Å²) in [6.07, 6.45) is 8.31. The fourth-order valence-electron chi connectivity index (χ4n) is 2.98. The van der Waals surface area contributed by atoms with Gasteiger partial charge in [-0.25, -0.2) is 4.39 Å². The molecule has 3 rings (SSSR count). The molecule has 0 radical (unpaired) electrons. The second-order valence-corrected chi connectivity index (χ2v) is 6.54. The molecule has 3 aromatic rings. The zero-order valence-electron chi connectivity index (χ0n) is 16.0. The first kappa shape index (κ1) is 19.5. The van der Waals surface area contributed by atoms with E-state index in [0.29, 0.717) is 37.2 Å². The van der Waals surface area contributed by atoms with Gasteiger partial charge in [0.25, 0.3) is 0 Å². The van der Waals surface area contributed by atoms with E-state index in [0.717, 1.165) is 11.1 Å². The van der Waals surface area contributed by atoms with Gasteiger partial charge in [0, 0.05) is 56.3 Å². The summed E-state index contributed by atoms with van der Waals surface area (Å²) < 4.78 is 20.5. The molecular formula is C21H23FN4O2. The van der Waals surface area contributed by atoms with Crippen LogP contribution in [-0.4, -0.2) is 39.7 Å². The highest BCUT2D eigenvalue weighted by Crippen LogP contribution is 2.21. The number of amides is 1. The highest BCUT2D eigenvalue weighted by Gasteiger charge is 2.13. The summed E-state index contributed by atoms with van der Waals surface area (Å²) in [7, 11) is 3.24. The van der Waals surface area contributed by atoms with Crippen molar-refractivity contribution in [1.29, 1.82) is 0 Å². The van der Waals surface area contributed by atoms with Crippen LogP contribution in [0, 0.1) is 5.82 Å². The average Bonchev–Trinajstić information content (AvgIpc) is 3.17. The fraction of sp³-hybridized carbons (Fsp3) is 0.286. The Kier molecular flexibility index (Phi) is 6.37. The van der Waals surface area contributed by atoms with Gasteiger partial charge in [-0.2, -0.15) is 5.10 Å². The zero-order chi connectivity index (χ0) is 19.9. The second kappa shape index (κ2) is 9.12. The molecular weight excluding hydrogens is 359 g/mol. The standard InChI is InChI=1S/C21H23FN4O2/c1-25(14-17-12-19(22)5-6-20(17)28-2)21(27)4-3-11-26-15-18(13-24-26)16-7-9-23-10-8-16/h5-10,12-13,15H,3-4,11,14H2,1-2H3. The number of carbonyl (C=O) groups is 1. The minimum atomic E-state index is -0.347. The van der Waals surface area contributed by atoms with Crippen molar-refractivity contribution in [3.8, 4) is 16.9 Å². The summed E-state index contributed by atoms with van der Waals surface area (Å²) in [6, 6.07) is 8.17. The molecule has 0 saturated heterocycles. The smallest absolute Gasteiger partial charge is 0.222 e. The molecule has 146 valence electrons. The maximum absolute atomic E-state index is 13.5. The van der Waals surface area contributed by atoms with Gasteiger partial charge >= 0.3 is 0 Å². The molecule has 2 aromatic heterocycles. The van der Waals surface area contributed by atoms with Crippen LogP contribution < -0.4 is 4.74 Å². The molecule has 0 bridgehead atoms. The predicted molar refractivity (Wildman–Crippen MR) is 104 cm³/mol. The third-order valence-corrected chi connectivity index (χ3v) is 4.50. The first-order valence-corrected chi connectivity index (χ1v) is 9.06. The van der Waals surface area contributed by atoms with Gasteiger partial charge in [0.1, 0.15) is 11.6 Å². The Hall–Kier alpha value is -3.22. The molecule has 2 heterocycles. The SMILES string of the molecule is COc1ccc(F)cc1CN(C)C(=O)CCCn1cc(-c2ccncc2)cn1. The number of carbonyl (C=O) groups excluding carboxylic acids is 1. The lowest BCUT2D eigenvalue weighted by molar-refractivity contribution is -0.130. The van der Waals surface area contributed by atoms with Crippen molar-refractivity contribution < 1.29 is 13.9 Å². The number of ether oxygens (including phenoxy) is 1. The van der Waals surface area contributed by atoms with Crippen LogP contribution in [0.4, 0.5) is 4.39 Å². The maximum Gasteiger partial charge on any atom is 0.222 e. The molecule has 1 aromatic carbocycles. The van der Waals surface area contributed by atoms with Crippen molar-refractivity contribution in [3.05, 3.63) is 66.5 Å². The van der Waals surface area contributed by atoms with Crippen LogP contribution in [0.25, 0.3) is 11.1 Å². The van der Waals surface area contributed by atoms with Crippen molar-refractivity contribution in [2.75, 3.05) is 14.2 Å². The Bertz CT molecular complexity index is 927. The van der Waals surface area contributed by atoms with E-state index in [1.54, 1.807) is 36.6 Å². The normalized spacial score (nSPS) is 10.7. The number of hydrogen-bond acceptors (Lipinski definition) is 4. The molecule has 0 aliphatic rings. The van der Waals surface area contributed by atoms with E-state index >= 15 is 0 Å². The van der Waals surface area contributed by atoms with Crippen LogP contribution in [-0.2, 0) is 17.9 Å². The molecule has 0 atom stereocenters. The van der Waals surface area contributed by atoms with Crippen molar-refractivity contribution in [3.63, 3.8) is 0 Å². The molecule has 0 N–H and O–H groups in total. The van der Waals surface area contributed by atoms with Gasteiger partial charge in [0.05, 0.1) is 13.3 Å². The Morgan fingerprint density at radius 3 is 2.75 bits per heavy atom. The van der Waals surface area contributed by atoms with Crippen LogP contribution in [0.5, 0.6) is 5.75 Å². The summed E-state index contributed by atoms with van der Waals surface area (Å²) in [5, 5.41) is 4.35. The number of pyridine rings is 1. The van der Waals surface area contributed by atoms with E-state index < -0.39 is 0 Å². The van der Waals surface area contributed by atoms with E-state index in [1.807, 2.05) is 23.0 Å². The molecule has 28 heavy (non-hydrogen) atoms. The lowest BCUT2D eigenvalue weighted by atomic mass is 10.1. The minimum absolute atomic E-state index is 0.00664. The monoisotopic (exact) mass is 382 g/mol. The fourth-order valence-corrected chi connectivity index (χ4v) is 2.98. The Balaban J connectivity index is 1.50. The van der Waals surface area contributed by atoms with Crippen LogP contribution in [0.1, 0.15) is 18.4 Å².